The smallest absolute Gasteiger partial charge is 0.263 e. The number of carbonyl (C=O) groups excluding carboxylic acids is 1. The first-order valence-corrected chi connectivity index (χ1v) is 4.72. The van der Waals surface area contributed by atoms with E-state index in [1.165, 1.54) is 0 Å². The summed E-state index contributed by atoms with van der Waals surface area (Å²) in [5.41, 5.74) is 6.60. The molecule has 0 spiro atoms. The highest BCUT2D eigenvalue weighted by molar-refractivity contribution is 5.85. The summed E-state index contributed by atoms with van der Waals surface area (Å²) in [6.45, 7) is 5.80. The fraction of sp³-hybridized carbons (Fsp3) is 0.889. The third-order valence-corrected chi connectivity index (χ3v) is 2.50. The quantitative estimate of drug-likeness (QED) is 0.445. The third kappa shape index (κ3) is 2.97. The lowest BCUT2D eigenvalue weighted by Gasteiger charge is -2.30. The molecule has 0 aliphatic heterocycles. The molecule has 0 aromatic rings. The van der Waals surface area contributed by atoms with Crippen LogP contribution in [0.4, 0.5) is 0 Å². The second-order valence-electron chi connectivity index (χ2n) is 3.74. The minimum atomic E-state index is -0.940. The van der Waals surface area contributed by atoms with Crippen molar-refractivity contribution in [1.82, 2.24) is 5.48 Å². The van der Waals surface area contributed by atoms with E-state index in [9.17, 15) is 4.79 Å². The maximum absolute atomic E-state index is 11.3. The van der Waals surface area contributed by atoms with Gasteiger partial charge in [0.1, 0.15) is 0 Å². The zero-order valence-electron chi connectivity index (χ0n) is 8.63. The van der Waals surface area contributed by atoms with E-state index >= 15 is 0 Å². The van der Waals surface area contributed by atoms with Gasteiger partial charge in [0.05, 0.1) is 5.54 Å². The van der Waals surface area contributed by atoms with E-state index in [1.54, 1.807) is 5.48 Å². The highest BCUT2D eigenvalue weighted by Crippen LogP contribution is 2.21. The van der Waals surface area contributed by atoms with E-state index in [0.29, 0.717) is 6.42 Å². The average Bonchev–Trinajstić information content (AvgIpc) is 2.12. The molecular weight excluding hydrogens is 168 g/mol. The van der Waals surface area contributed by atoms with Gasteiger partial charge in [-0.25, -0.2) is 5.48 Å². The van der Waals surface area contributed by atoms with E-state index in [4.69, 9.17) is 10.9 Å². The molecule has 0 fully saturated rings. The molecule has 4 nitrogen and oxygen atoms in total. The largest absolute Gasteiger partial charge is 0.317 e. The number of amides is 1. The molecule has 4 N–H and O–H groups in total. The van der Waals surface area contributed by atoms with E-state index < -0.39 is 11.4 Å². The first-order chi connectivity index (χ1) is 5.99. The van der Waals surface area contributed by atoms with E-state index in [2.05, 4.69) is 0 Å². The molecule has 0 aliphatic carbocycles. The van der Waals surface area contributed by atoms with Gasteiger partial charge in [-0.05, 0) is 12.3 Å². The first kappa shape index (κ1) is 12.4. The Balaban J connectivity index is 4.43. The SMILES string of the molecule is CCCCC(N)(C(=O)NO)C(C)C. The number of hydroxylamine groups is 1. The van der Waals surface area contributed by atoms with Crippen LogP contribution in [0.25, 0.3) is 0 Å². The molecule has 13 heavy (non-hydrogen) atoms. The minimum Gasteiger partial charge on any atom is -0.317 e. The van der Waals surface area contributed by atoms with Crippen LogP contribution in [0.1, 0.15) is 40.0 Å². The van der Waals surface area contributed by atoms with Crippen molar-refractivity contribution < 1.29 is 10.0 Å². The Labute approximate surface area is 79.5 Å². The standard InChI is InChI=1S/C9H20N2O2/c1-4-5-6-9(10,7(2)3)8(12)11-13/h7,13H,4-6,10H2,1-3H3,(H,11,12). The number of nitrogens with two attached hydrogens (primary N) is 1. The van der Waals surface area contributed by atoms with Gasteiger partial charge in [0.2, 0.25) is 0 Å². The molecule has 0 aliphatic rings. The topological polar surface area (TPSA) is 75.4 Å². The molecule has 0 aromatic carbocycles. The van der Waals surface area contributed by atoms with Crippen molar-refractivity contribution in [3.05, 3.63) is 0 Å². The lowest BCUT2D eigenvalue weighted by atomic mass is 9.82. The van der Waals surface area contributed by atoms with Crippen LogP contribution in [0.2, 0.25) is 0 Å². The molecule has 1 atom stereocenters. The third-order valence-electron chi connectivity index (χ3n) is 2.50. The number of carbonyl (C=O) groups is 1. The Morgan fingerprint density at radius 2 is 2.15 bits per heavy atom. The van der Waals surface area contributed by atoms with Crippen molar-refractivity contribution in [2.45, 2.75) is 45.6 Å². The van der Waals surface area contributed by atoms with Gasteiger partial charge in [-0.1, -0.05) is 33.6 Å². The molecule has 0 saturated heterocycles. The molecule has 1 amide bonds. The Morgan fingerprint density at radius 1 is 1.62 bits per heavy atom. The van der Waals surface area contributed by atoms with Gasteiger partial charge < -0.3 is 5.73 Å². The van der Waals surface area contributed by atoms with Crippen LogP contribution in [0.5, 0.6) is 0 Å². The summed E-state index contributed by atoms with van der Waals surface area (Å²) in [6, 6.07) is 0. The molecule has 0 bridgehead atoms. The van der Waals surface area contributed by atoms with Gasteiger partial charge in [-0.3, -0.25) is 10.0 Å². The minimum absolute atomic E-state index is 0.0196. The van der Waals surface area contributed by atoms with Gasteiger partial charge >= 0.3 is 0 Å². The molecule has 0 saturated carbocycles. The second kappa shape index (κ2) is 5.19. The predicted molar refractivity (Wildman–Crippen MR) is 51.2 cm³/mol. The second-order valence-corrected chi connectivity index (χ2v) is 3.74. The van der Waals surface area contributed by atoms with Gasteiger partial charge in [-0.2, -0.15) is 0 Å². The number of unbranched alkanes of at least 4 members (excludes halogenated alkanes) is 1. The lowest BCUT2D eigenvalue weighted by Crippen LogP contribution is -2.56. The summed E-state index contributed by atoms with van der Waals surface area (Å²) in [7, 11) is 0. The van der Waals surface area contributed by atoms with Crippen LogP contribution in [0.3, 0.4) is 0 Å². The van der Waals surface area contributed by atoms with Gasteiger partial charge in [0.25, 0.3) is 5.91 Å². The van der Waals surface area contributed by atoms with Gasteiger partial charge in [0.15, 0.2) is 0 Å². The van der Waals surface area contributed by atoms with Gasteiger partial charge in [-0.15, -0.1) is 0 Å². The fourth-order valence-electron chi connectivity index (χ4n) is 1.24. The number of hydrogen-bond acceptors (Lipinski definition) is 3. The molecule has 0 radical (unpaired) electrons. The van der Waals surface area contributed by atoms with Crippen LogP contribution in [-0.4, -0.2) is 16.7 Å². The fourth-order valence-corrected chi connectivity index (χ4v) is 1.24. The highest BCUT2D eigenvalue weighted by atomic mass is 16.5. The van der Waals surface area contributed by atoms with Crippen molar-refractivity contribution >= 4 is 5.91 Å². The molecule has 4 heteroatoms. The van der Waals surface area contributed by atoms with Crippen LogP contribution >= 0.6 is 0 Å². The van der Waals surface area contributed by atoms with Crippen molar-refractivity contribution in [2.24, 2.45) is 11.7 Å². The van der Waals surface area contributed by atoms with E-state index in [0.717, 1.165) is 12.8 Å². The zero-order valence-corrected chi connectivity index (χ0v) is 8.63. The summed E-state index contributed by atoms with van der Waals surface area (Å²) in [5, 5.41) is 8.54. The molecule has 0 aromatic heterocycles. The summed E-state index contributed by atoms with van der Waals surface area (Å²) in [5.74, 6) is -0.470. The van der Waals surface area contributed by atoms with Crippen molar-refractivity contribution in [2.75, 3.05) is 0 Å². The number of nitrogens with one attached hydrogen (secondary N) is 1. The average molecular weight is 188 g/mol. The first-order valence-electron chi connectivity index (χ1n) is 4.72. The number of hydrogen-bond donors (Lipinski definition) is 3. The summed E-state index contributed by atoms with van der Waals surface area (Å²) >= 11 is 0. The normalized spacial score (nSPS) is 15.5. The Kier molecular flexibility index (Phi) is 4.95. The Morgan fingerprint density at radius 3 is 2.46 bits per heavy atom. The maximum Gasteiger partial charge on any atom is 0.263 e. The van der Waals surface area contributed by atoms with E-state index in [1.807, 2.05) is 20.8 Å². The van der Waals surface area contributed by atoms with Crippen LogP contribution in [0.15, 0.2) is 0 Å². The summed E-state index contributed by atoms with van der Waals surface area (Å²) in [4.78, 5) is 11.3. The number of rotatable bonds is 5. The Hall–Kier alpha value is -0.610. The summed E-state index contributed by atoms with van der Waals surface area (Å²) in [6.07, 6.45) is 2.49. The molecule has 78 valence electrons. The zero-order chi connectivity index (χ0) is 10.5. The maximum atomic E-state index is 11.3. The van der Waals surface area contributed by atoms with Crippen LogP contribution in [0, 0.1) is 5.92 Å². The lowest BCUT2D eigenvalue weighted by molar-refractivity contribution is -0.136. The monoisotopic (exact) mass is 188 g/mol. The van der Waals surface area contributed by atoms with Crippen LogP contribution in [-0.2, 0) is 4.79 Å². The highest BCUT2D eigenvalue weighted by Gasteiger charge is 2.36. The van der Waals surface area contributed by atoms with Crippen molar-refractivity contribution in [3.8, 4) is 0 Å². The molecule has 1 unspecified atom stereocenters. The Bertz CT molecular complexity index is 171. The predicted octanol–water partition coefficient (Wildman–Crippen LogP) is 1.04. The van der Waals surface area contributed by atoms with Crippen molar-refractivity contribution in [1.29, 1.82) is 0 Å². The van der Waals surface area contributed by atoms with E-state index in [-0.39, 0.29) is 5.92 Å². The molecule has 0 heterocycles. The summed E-state index contributed by atoms with van der Waals surface area (Å²) < 4.78 is 0. The molecular formula is C9H20N2O2. The van der Waals surface area contributed by atoms with Crippen molar-refractivity contribution in [3.63, 3.8) is 0 Å². The van der Waals surface area contributed by atoms with Gasteiger partial charge in [0, 0.05) is 0 Å². The molecule has 0 rings (SSSR count). The van der Waals surface area contributed by atoms with Crippen LogP contribution < -0.4 is 11.2 Å².